The van der Waals surface area contributed by atoms with Crippen LogP contribution in [0.25, 0.3) is 11.1 Å². The molecule has 0 unspecified atom stereocenters. The van der Waals surface area contributed by atoms with Crippen LogP contribution in [-0.2, 0) is 9.53 Å². The molecule has 2 aliphatic rings. The van der Waals surface area contributed by atoms with E-state index in [1.165, 1.54) is 16.7 Å². The number of fused-ring (bicyclic) bond motifs is 1. The minimum Gasteiger partial charge on any atom is -0.395 e. The molecular weight excluding hydrogens is 364 g/mol. The van der Waals surface area contributed by atoms with Crippen LogP contribution in [0.5, 0.6) is 0 Å². The summed E-state index contributed by atoms with van der Waals surface area (Å²) in [5.74, 6) is 0.292. The van der Waals surface area contributed by atoms with Gasteiger partial charge in [0, 0.05) is 38.2 Å². The van der Waals surface area contributed by atoms with Gasteiger partial charge in [0.15, 0.2) is 0 Å². The molecule has 154 valence electrons. The molecule has 2 aromatic carbocycles. The summed E-state index contributed by atoms with van der Waals surface area (Å²) in [6, 6.07) is 19.4. The number of amides is 1. The Kier molecular flexibility index (Phi) is 6.28. The van der Waals surface area contributed by atoms with Gasteiger partial charge in [0.2, 0.25) is 5.91 Å². The van der Waals surface area contributed by atoms with E-state index in [-0.39, 0.29) is 37.1 Å². The van der Waals surface area contributed by atoms with E-state index in [0.717, 1.165) is 25.9 Å². The van der Waals surface area contributed by atoms with Crippen molar-refractivity contribution < 1.29 is 14.6 Å². The predicted octanol–water partition coefficient (Wildman–Crippen LogP) is 2.75. The van der Waals surface area contributed by atoms with Gasteiger partial charge in [-0.2, -0.15) is 0 Å². The average Bonchev–Trinajstić information content (AvgIpc) is 2.74. The Bertz CT molecular complexity index is 809. The maximum Gasteiger partial charge on any atom is 0.248 e. The van der Waals surface area contributed by atoms with Crippen LogP contribution in [0.2, 0.25) is 0 Å². The lowest BCUT2D eigenvalue weighted by Crippen LogP contribution is -2.68. The van der Waals surface area contributed by atoms with Crippen LogP contribution in [-0.4, -0.2) is 72.9 Å². The lowest BCUT2D eigenvalue weighted by atomic mass is 9.74. The second-order valence-corrected chi connectivity index (χ2v) is 8.05. The van der Waals surface area contributed by atoms with E-state index in [1.54, 1.807) is 7.11 Å². The summed E-state index contributed by atoms with van der Waals surface area (Å²) in [6.45, 7) is 2.75. The molecule has 29 heavy (non-hydrogen) atoms. The van der Waals surface area contributed by atoms with E-state index in [0.29, 0.717) is 6.54 Å². The van der Waals surface area contributed by atoms with Crippen molar-refractivity contribution in [3.63, 3.8) is 0 Å². The summed E-state index contributed by atoms with van der Waals surface area (Å²) in [5, 5.41) is 10.1. The van der Waals surface area contributed by atoms with E-state index in [1.807, 2.05) is 11.0 Å². The first kappa shape index (κ1) is 20.1. The van der Waals surface area contributed by atoms with Crippen molar-refractivity contribution in [2.45, 2.75) is 30.8 Å². The van der Waals surface area contributed by atoms with Crippen LogP contribution < -0.4 is 0 Å². The van der Waals surface area contributed by atoms with Crippen LogP contribution >= 0.6 is 0 Å². The van der Waals surface area contributed by atoms with Crippen LogP contribution in [0.3, 0.4) is 0 Å². The largest absolute Gasteiger partial charge is 0.395 e. The van der Waals surface area contributed by atoms with Gasteiger partial charge in [-0.3, -0.25) is 9.69 Å². The van der Waals surface area contributed by atoms with Crippen molar-refractivity contribution in [2.75, 3.05) is 40.0 Å². The Labute approximate surface area is 172 Å². The molecule has 0 saturated carbocycles. The Morgan fingerprint density at radius 2 is 1.72 bits per heavy atom. The highest BCUT2D eigenvalue weighted by Crippen LogP contribution is 2.42. The number of ether oxygens (including phenoxy) is 1. The molecule has 0 aliphatic carbocycles. The van der Waals surface area contributed by atoms with Crippen LogP contribution in [0.15, 0.2) is 54.6 Å². The van der Waals surface area contributed by atoms with E-state index >= 15 is 0 Å². The molecule has 4 rings (SSSR count). The molecule has 2 saturated heterocycles. The fourth-order valence-electron chi connectivity index (χ4n) is 4.91. The lowest BCUT2D eigenvalue weighted by Gasteiger charge is -2.57. The second kappa shape index (κ2) is 9.08. The van der Waals surface area contributed by atoms with Gasteiger partial charge in [-0.25, -0.2) is 0 Å². The van der Waals surface area contributed by atoms with Gasteiger partial charge in [-0.1, -0.05) is 54.6 Å². The Hall–Kier alpha value is -2.21. The zero-order valence-corrected chi connectivity index (χ0v) is 17.0. The van der Waals surface area contributed by atoms with E-state index in [2.05, 4.69) is 53.4 Å². The van der Waals surface area contributed by atoms with Crippen molar-refractivity contribution in [3.8, 4) is 11.1 Å². The molecule has 1 N–H and O–H groups in total. The zero-order chi connectivity index (χ0) is 20.2. The number of hydrogen-bond donors (Lipinski definition) is 1. The van der Waals surface area contributed by atoms with Crippen molar-refractivity contribution in [2.24, 2.45) is 0 Å². The minimum absolute atomic E-state index is 0.0555. The standard InChI is InChI=1S/C24H30N2O3/c1-29-17-23(28)25-13-5-6-14-26-21(15-25)24(22(26)16-27)20-11-9-19(10-12-20)18-7-3-2-4-8-18/h2-4,7-12,21-22,24,27H,5-6,13-17H2,1H3/t21-,22+,24-/m1/s1. The molecule has 2 fully saturated rings. The third-order valence-electron chi connectivity index (χ3n) is 6.39. The number of nitrogens with zero attached hydrogens (tertiary/aromatic N) is 2. The van der Waals surface area contributed by atoms with Crippen molar-refractivity contribution >= 4 is 5.91 Å². The van der Waals surface area contributed by atoms with Gasteiger partial charge >= 0.3 is 0 Å². The summed E-state index contributed by atoms with van der Waals surface area (Å²) in [5.41, 5.74) is 3.64. The smallest absolute Gasteiger partial charge is 0.248 e. The van der Waals surface area contributed by atoms with E-state index < -0.39 is 0 Å². The molecule has 2 aliphatic heterocycles. The van der Waals surface area contributed by atoms with Crippen LogP contribution in [0.1, 0.15) is 24.3 Å². The number of rotatable bonds is 5. The zero-order valence-electron chi connectivity index (χ0n) is 17.0. The average molecular weight is 395 g/mol. The number of carbonyl (C=O) groups excluding carboxylic acids is 1. The van der Waals surface area contributed by atoms with Gasteiger partial charge < -0.3 is 14.7 Å². The van der Waals surface area contributed by atoms with E-state index in [9.17, 15) is 9.90 Å². The topological polar surface area (TPSA) is 53.0 Å². The third kappa shape index (κ3) is 4.08. The minimum atomic E-state index is 0.0555. The molecular formula is C24H30N2O3. The fourth-order valence-corrected chi connectivity index (χ4v) is 4.91. The number of aliphatic hydroxyl groups is 1. The predicted molar refractivity (Wildman–Crippen MR) is 114 cm³/mol. The molecule has 0 spiro atoms. The van der Waals surface area contributed by atoms with Crippen LogP contribution in [0.4, 0.5) is 0 Å². The summed E-state index contributed by atoms with van der Waals surface area (Å²) in [7, 11) is 1.57. The Morgan fingerprint density at radius 3 is 2.41 bits per heavy atom. The first-order chi connectivity index (χ1) is 14.2. The normalized spacial score (nSPS) is 24.9. The maximum atomic E-state index is 12.5. The quantitative estimate of drug-likeness (QED) is 0.847. The molecule has 0 aromatic heterocycles. The molecule has 5 heteroatoms. The highest BCUT2D eigenvalue weighted by atomic mass is 16.5. The van der Waals surface area contributed by atoms with Gasteiger partial charge in [0.25, 0.3) is 0 Å². The maximum absolute atomic E-state index is 12.5. The van der Waals surface area contributed by atoms with Crippen molar-refractivity contribution in [3.05, 3.63) is 60.2 Å². The van der Waals surface area contributed by atoms with Gasteiger partial charge in [-0.15, -0.1) is 0 Å². The fraction of sp³-hybridized carbons (Fsp3) is 0.458. The highest BCUT2D eigenvalue weighted by molar-refractivity contribution is 5.77. The molecule has 5 nitrogen and oxygen atoms in total. The summed E-state index contributed by atoms with van der Waals surface area (Å²) in [4.78, 5) is 16.8. The molecule has 0 radical (unpaired) electrons. The van der Waals surface area contributed by atoms with Crippen molar-refractivity contribution in [1.82, 2.24) is 9.80 Å². The number of hydrogen-bond acceptors (Lipinski definition) is 4. The molecule has 2 aromatic rings. The molecule has 1 amide bonds. The van der Waals surface area contributed by atoms with Crippen molar-refractivity contribution in [1.29, 1.82) is 0 Å². The number of aliphatic hydroxyl groups excluding tert-OH is 1. The summed E-state index contributed by atoms with van der Waals surface area (Å²) >= 11 is 0. The SMILES string of the molecule is COCC(=O)N1CCCCN2[C@H](C1)[C@@H](c1ccc(-c3ccccc3)cc1)[C@@H]2CO. The van der Waals surface area contributed by atoms with Gasteiger partial charge in [-0.05, 0) is 36.1 Å². The highest BCUT2D eigenvalue weighted by Gasteiger charge is 2.49. The monoisotopic (exact) mass is 394 g/mol. The second-order valence-electron chi connectivity index (χ2n) is 8.05. The third-order valence-corrected chi connectivity index (χ3v) is 6.39. The van der Waals surface area contributed by atoms with E-state index in [4.69, 9.17) is 4.74 Å². The Balaban J connectivity index is 1.56. The number of benzene rings is 2. The molecule has 0 bridgehead atoms. The summed E-state index contributed by atoms with van der Waals surface area (Å²) in [6.07, 6.45) is 2.04. The first-order valence-corrected chi connectivity index (χ1v) is 10.5. The Morgan fingerprint density at radius 1 is 1.03 bits per heavy atom. The van der Waals surface area contributed by atoms with Gasteiger partial charge in [0.1, 0.15) is 6.61 Å². The molecule has 3 atom stereocenters. The molecule has 2 heterocycles. The number of carbonyl (C=O) groups is 1. The van der Waals surface area contributed by atoms with Gasteiger partial charge in [0.05, 0.1) is 6.61 Å². The summed E-state index contributed by atoms with van der Waals surface area (Å²) < 4.78 is 5.07. The van der Waals surface area contributed by atoms with Crippen LogP contribution in [0, 0.1) is 0 Å². The first-order valence-electron chi connectivity index (χ1n) is 10.5. The lowest BCUT2D eigenvalue weighted by molar-refractivity contribution is -0.140. The number of methoxy groups -OCH3 is 1.